The summed E-state index contributed by atoms with van der Waals surface area (Å²) in [5.41, 5.74) is -0.149. The van der Waals surface area contributed by atoms with Crippen LogP contribution in [0.3, 0.4) is 0 Å². The smallest absolute Gasteiger partial charge is 0.338 e. The quantitative estimate of drug-likeness (QED) is 0.501. The molecule has 0 amide bonds. The molecule has 0 unspecified atom stereocenters. The van der Waals surface area contributed by atoms with Crippen LogP contribution in [-0.4, -0.2) is 55.1 Å². The van der Waals surface area contributed by atoms with E-state index in [9.17, 15) is 18.0 Å². The fourth-order valence-corrected chi connectivity index (χ4v) is 3.76. The molecule has 2 aliphatic heterocycles. The first kappa shape index (κ1) is 18.6. The first-order valence-corrected chi connectivity index (χ1v) is 10.2. The van der Waals surface area contributed by atoms with Crippen LogP contribution in [0.2, 0.25) is 0 Å². The molecule has 0 bridgehead atoms. The Morgan fingerprint density at radius 2 is 2.00 bits per heavy atom. The fourth-order valence-electron chi connectivity index (χ4n) is 3.12. The standard InChI is InChI=1S/C17H16N2O8S/c1-28(22,23)27-13-11(9-24-16(21)10-5-3-2-4-6-10)25-15-14(13)26-17-18-12(20)7-8-19(15)17/h2-8,11,13-15H,9H2,1H3/t11-,13+,14-,15-/m0/s1. The van der Waals surface area contributed by atoms with Gasteiger partial charge >= 0.3 is 12.0 Å². The largest absolute Gasteiger partial charge is 0.459 e. The number of ether oxygens (including phenoxy) is 3. The lowest BCUT2D eigenvalue weighted by Gasteiger charge is -2.20. The first-order valence-electron chi connectivity index (χ1n) is 8.33. The van der Waals surface area contributed by atoms with Crippen LogP contribution in [0, 0.1) is 0 Å². The van der Waals surface area contributed by atoms with Gasteiger partial charge in [0.05, 0.1) is 11.8 Å². The SMILES string of the molecule is CS(=O)(=O)O[C@H]1[C@@H]2Oc3nc(=O)ccn3[C@H]2O[C@H]1COC(=O)c1ccccc1. The third-order valence-corrected chi connectivity index (χ3v) is 4.85. The van der Waals surface area contributed by atoms with Crippen molar-refractivity contribution in [2.24, 2.45) is 0 Å². The summed E-state index contributed by atoms with van der Waals surface area (Å²) in [5.74, 6) is -0.578. The average molecular weight is 408 g/mol. The van der Waals surface area contributed by atoms with Gasteiger partial charge in [0.2, 0.25) is 0 Å². The van der Waals surface area contributed by atoms with Crippen molar-refractivity contribution in [1.82, 2.24) is 9.55 Å². The van der Waals surface area contributed by atoms with Crippen LogP contribution >= 0.6 is 0 Å². The summed E-state index contributed by atoms with van der Waals surface area (Å²) in [4.78, 5) is 27.3. The number of nitrogens with zero attached hydrogens (tertiary/aromatic N) is 2. The molecule has 1 aromatic heterocycles. The summed E-state index contributed by atoms with van der Waals surface area (Å²) in [7, 11) is -3.86. The predicted octanol–water partition coefficient (Wildman–Crippen LogP) is 0.104. The van der Waals surface area contributed by atoms with E-state index >= 15 is 0 Å². The van der Waals surface area contributed by atoms with Gasteiger partial charge in [0.1, 0.15) is 18.8 Å². The van der Waals surface area contributed by atoms with Crippen molar-refractivity contribution in [3.05, 3.63) is 58.5 Å². The number of benzene rings is 1. The molecule has 28 heavy (non-hydrogen) atoms. The molecule has 10 nitrogen and oxygen atoms in total. The third-order valence-electron chi connectivity index (χ3n) is 4.28. The fraction of sp³-hybridized carbons (Fsp3) is 0.353. The molecule has 1 saturated heterocycles. The number of hydrogen-bond donors (Lipinski definition) is 0. The second-order valence-electron chi connectivity index (χ2n) is 6.33. The van der Waals surface area contributed by atoms with Gasteiger partial charge in [0.15, 0.2) is 12.3 Å². The summed E-state index contributed by atoms with van der Waals surface area (Å²) in [6, 6.07) is 9.58. The lowest BCUT2D eigenvalue weighted by atomic mass is 10.1. The van der Waals surface area contributed by atoms with E-state index in [1.54, 1.807) is 30.3 Å². The van der Waals surface area contributed by atoms with Gasteiger partial charge in [-0.2, -0.15) is 13.4 Å². The van der Waals surface area contributed by atoms with E-state index in [2.05, 4.69) is 4.98 Å². The van der Waals surface area contributed by atoms with Gasteiger partial charge in [-0.3, -0.25) is 13.5 Å². The molecule has 2 aliphatic rings. The molecule has 1 aromatic carbocycles. The van der Waals surface area contributed by atoms with Crippen LogP contribution < -0.4 is 10.3 Å². The average Bonchev–Trinajstić information content (AvgIpc) is 3.15. The van der Waals surface area contributed by atoms with Gasteiger partial charge in [-0.05, 0) is 12.1 Å². The topological polar surface area (TPSA) is 123 Å². The van der Waals surface area contributed by atoms with Crippen LogP contribution in [0.1, 0.15) is 16.6 Å². The Morgan fingerprint density at radius 3 is 2.71 bits per heavy atom. The summed E-state index contributed by atoms with van der Waals surface area (Å²) in [6.07, 6.45) is -1.29. The molecule has 1 fully saturated rings. The third kappa shape index (κ3) is 3.63. The highest BCUT2D eigenvalue weighted by atomic mass is 32.2. The van der Waals surface area contributed by atoms with Gasteiger partial charge in [-0.1, -0.05) is 18.2 Å². The zero-order chi connectivity index (χ0) is 19.9. The minimum Gasteiger partial charge on any atom is -0.459 e. The molecule has 11 heteroatoms. The molecule has 0 radical (unpaired) electrons. The van der Waals surface area contributed by atoms with Crippen molar-refractivity contribution in [3.63, 3.8) is 0 Å². The second kappa shape index (κ2) is 7.00. The summed E-state index contributed by atoms with van der Waals surface area (Å²) in [6.45, 7) is -0.243. The Balaban J connectivity index is 1.54. The number of rotatable bonds is 5. The van der Waals surface area contributed by atoms with Crippen molar-refractivity contribution in [3.8, 4) is 6.01 Å². The van der Waals surface area contributed by atoms with E-state index in [1.807, 2.05) is 0 Å². The number of esters is 1. The highest BCUT2D eigenvalue weighted by Gasteiger charge is 2.54. The zero-order valence-electron chi connectivity index (χ0n) is 14.6. The van der Waals surface area contributed by atoms with Gasteiger partial charge in [0, 0.05) is 12.3 Å². The van der Waals surface area contributed by atoms with Crippen LogP contribution in [-0.2, 0) is 23.8 Å². The van der Waals surface area contributed by atoms with Crippen LogP contribution in [0.25, 0.3) is 0 Å². The summed E-state index contributed by atoms with van der Waals surface area (Å²) < 4.78 is 46.7. The molecule has 3 heterocycles. The zero-order valence-corrected chi connectivity index (χ0v) is 15.4. The Bertz CT molecular complexity index is 1050. The molecule has 2 aromatic rings. The van der Waals surface area contributed by atoms with Crippen molar-refractivity contribution in [2.45, 2.75) is 24.5 Å². The monoisotopic (exact) mass is 408 g/mol. The normalized spacial score (nSPS) is 25.6. The van der Waals surface area contributed by atoms with Gasteiger partial charge < -0.3 is 14.2 Å². The summed E-state index contributed by atoms with van der Waals surface area (Å²) >= 11 is 0. The Labute approximate surface area is 159 Å². The molecular formula is C17H16N2O8S. The van der Waals surface area contributed by atoms with Gasteiger partial charge in [-0.25, -0.2) is 4.79 Å². The molecule has 4 rings (SSSR count). The van der Waals surface area contributed by atoms with Crippen LogP contribution in [0.15, 0.2) is 47.4 Å². The highest BCUT2D eigenvalue weighted by molar-refractivity contribution is 7.86. The van der Waals surface area contributed by atoms with E-state index in [1.165, 1.54) is 16.8 Å². The first-order chi connectivity index (χ1) is 13.3. The molecular weight excluding hydrogens is 392 g/mol. The van der Waals surface area contributed by atoms with Crippen LogP contribution in [0.5, 0.6) is 6.01 Å². The Hall–Kier alpha value is -2.76. The number of hydrogen-bond acceptors (Lipinski definition) is 9. The Morgan fingerprint density at radius 1 is 1.25 bits per heavy atom. The van der Waals surface area contributed by atoms with Crippen molar-refractivity contribution < 1.29 is 31.6 Å². The second-order valence-corrected chi connectivity index (χ2v) is 7.93. The maximum absolute atomic E-state index is 12.2. The van der Waals surface area contributed by atoms with Gasteiger partial charge in [-0.15, -0.1) is 0 Å². The molecule has 0 saturated carbocycles. The highest BCUT2D eigenvalue weighted by Crippen LogP contribution is 2.40. The number of carbonyl (C=O) groups excluding carboxylic acids is 1. The number of carbonyl (C=O) groups is 1. The lowest BCUT2D eigenvalue weighted by Crippen LogP contribution is -2.40. The molecule has 4 atom stereocenters. The van der Waals surface area contributed by atoms with E-state index in [0.29, 0.717) is 5.56 Å². The van der Waals surface area contributed by atoms with E-state index in [-0.39, 0.29) is 12.6 Å². The Kier molecular flexibility index (Phi) is 4.65. The minimum atomic E-state index is -3.86. The molecule has 0 N–H and O–H groups in total. The van der Waals surface area contributed by atoms with Crippen molar-refractivity contribution in [1.29, 1.82) is 0 Å². The predicted molar refractivity (Wildman–Crippen MR) is 93.3 cm³/mol. The van der Waals surface area contributed by atoms with Crippen molar-refractivity contribution in [2.75, 3.05) is 12.9 Å². The molecule has 0 aliphatic carbocycles. The van der Waals surface area contributed by atoms with Crippen LogP contribution in [0.4, 0.5) is 0 Å². The van der Waals surface area contributed by atoms with E-state index in [4.69, 9.17) is 18.4 Å². The van der Waals surface area contributed by atoms with E-state index in [0.717, 1.165) is 6.26 Å². The minimum absolute atomic E-state index is 0.00401. The number of aromatic nitrogens is 2. The maximum Gasteiger partial charge on any atom is 0.338 e. The maximum atomic E-state index is 12.2. The van der Waals surface area contributed by atoms with Gasteiger partial charge in [0.25, 0.3) is 15.7 Å². The summed E-state index contributed by atoms with van der Waals surface area (Å²) in [5, 5.41) is 0. The lowest BCUT2D eigenvalue weighted by molar-refractivity contribution is -0.0466. The number of fused-ring (bicyclic) bond motifs is 3. The molecule has 0 spiro atoms. The molecule has 148 valence electrons. The van der Waals surface area contributed by atoms with Crippen molar-refractivity contribution >= 4 is 16.1 Å². The van der Waals surface area contributed by atoms with E-state index < -0.39 is 46.2 Å².